The fraction of sp³-hybridized carbons (Fsp3) is 0.0909. The number of carbonyl (C=O) groups is 1. The van der Waals surface area contributed by atoms with Crippen LogP contribution in [-0.2, 0) is 0 Å². The Morgan fingerprint density at radius 3 is 2.32 bits per heavy atom. The summed E-state index contributed by atoms with van der Waals surface area (Å²) in [5, 5.41) is 12.5. The average molecular weight is 386 g/mol. The predicted octanol–water partition coefficient (Wildman–Crippen LogP) is 4.61. The minimum Gasteiger partial charge on any atom is -0.293 e. The maximum atomic E-state index is 12.6. The van der Waals surface area contributed by atoms with Crippen LogP contribution in [0.25, 0.3) is 16.8 Å². The van der Waals surface area contributed by atoms with Crippen LogP contribution in [0.5, 0.6) is 0 Å². The Kier molecular flexibility index (Phi) is 5.30. The standard InChI is InChI=1S/C22H18N4OS/c1-16-7-5-6-10-20(16)26-22(23-24-25-26)28-15-21(27)19-13-11-18(12-14-19)17-8-3-2-4-9-17/h2-14H,15H2,1H3. The molecule has 4 rings (SSSR count). The van der Waals surface area contributed by atoms with E-state index < -0.39 is 0 Å². The number of aryl methyl sites for hydroxylation is 1. The first-order chi connectivity index (χ1) is 13.7. The van der Waals surface area contributed by atoms with Crippen molar-refractivity contribution < 1.29 is 4.79 Å². The molecular weight excluding hydrogens is 368 g/mol. The highest BCUT2D eigenvalue weighted by molar-refractivity contribution is 7.99. The van der Waals surface area contributed by atoms with Gasteiger partial charge < -0.3 is 0 Å². The maximum absolute atomic E-state index is 12.6. The van der Waals surface area contributed by atoms with E-state index in [1.54, 1.807) is 4.68 Å². The van der Waals surface area contributed by atoms with Crippen molar-refractivity contribution in [3.63, 3.8) is 0 Å². The van der Waals surface area contributed by atoms with E-state index in [-0.39, 0.29) is 11.5 Å². The Bertz CT molecular complexity index is 1090. The van der Waals surface area contributed by atoms with Crippen LogP contribution in [0, 0.1) is 6.92 Å². The lowest BCUT2D eigenvalue weighted by Gasteiger charge is -2.07. The van der Waals surface area contributed by atoms with Gasteiger partial charge in [-0.1, -0.05) is 84.6 Å². The third-order valence-corrected chi connectivity index (χ3v) is 5.35. The predicted molar refractivity (Wildman–Crippen MR) is 111 cm³/mol. The van der Waals surface area contributed by atoms with E-state index in [1.807, 2.05) is 73.7 Å². The van der Waals surface area contributed by atoms with Gasteiger partial charge in [-0.15, -0.1) is 5.10 Å². The zero-order valence-corrected chi connectivity index (χ0v) is 16.1. The third kappa shape index (κ3) is 3.87. The van der Waals surface area contributed by atoms with Crippen LogP contribution in [0.15, 0.2) is 84.0 Å². The molecule has 0 radical (unpaired) electrons. The monoisotopic (exact) mass is 386 g/mol. The van der Waals surface area contributed by atoms with Gasteiger partial charge in [-0.2, -0.15) is 4.68 Å². The number of hydrogen-bond donors (Lipinski definition) is 0. The second-order valence-electron chi connectivity index (χ2n) is 6.31. The molecular formula is C22H18N4OS. The van der Waals surface area contributed by atoms with Gasteiger partial charge >= 0.3 is 0 Å². The van der Waals surface area contributed by atoms with E-state index in [4.69, 9.17) is 0 Å². The van der Waals surface area contributed by atoms with Crippen molar-refractivity contribution in [1.29, 1.82) is 0 Å². The van der Waals surface area contributed by atoms with E-state index in [0.717, 1.165) is 22.4 Å². The number of para-hydroxylation sites is 1. The Morgan fingerprint density at radius 2 is 1.57 bits per heavy atom. The highest BCUT2D eigenvalue weighted by Crippen LogP contribution is 2.23. The molecule has 28 heavy (non-hydrogen) atoms. The van der Waals surface area contributed by atoms with Crippen LogP contribution in [0.1, 0.15) is 15.9 Å². The SMILES string of the molecule is Cc1ccccc1-n1nnnc1SCC(=O)c1ccc(-c2ccccc2)cc1. The number of hydrogen-bond acceptors (Lipinski definition) is 5. The molecule has 4 aromatic rings. The Morgan fingerprint density at radius 1 is 0.893 bits per heavy atom. The molecule has 0 amide bonds. The van der Waals surface area contributed by atoms with Crippen LogP contribution >= 0.6 is 11.8 Å². The lowest BCUT2D eigenvalue weighted by molar-refractivity contribution is 0.102. The molecule has 0 unspecified atom stereocenters. The first-order valence-corrected chi connectivity index (χ1v) is 9.87. The van der Waals surface area contributed by atoms with Crippen LogP contribution in [0.4, 0.5) is 0 Å². The molecule has 0 atom stereocenters. The number of carbonyl (C=O) groups excluding carboxylic acids is 1. The van der Waals surface area contributed by atoms with Gasteiger partial charge in [0.25, 0.3) is 0 Å². The summed E-state index contributed by atoms with van der Waals surface area (Å²) < 4.78 is 1.67. The van der Waals surface area contributed by atoms with Crippen LogP contribution in [0.3, 0.4) is 0 Å². The Hall–Kier alpha value is -3.25. The molecule has 5 nitrogen and oxygen atoms in total. The normalized spacial score (nSPS) is 10.8. The molecule has 0 spiro atoms. The second kappa shape index (κ2) is 8.19. The summed E-state index contributed by atoms with van der Waals surface area (Å²) in [5.41, 5.74) is 4.89. The number of aromatic nitrogens is 4. The van der Waals surface area contributed by atoms with E-state index in [1.165, 1.54) is 11.8 Å². The summed E-state index contributed by atoms with van der Waals surface area (Å²) in [6, 6.07) is 25.7. The Balaban J connectivity index is 1.46. The van der Waals surface area contributed by atoms with Gasteiger partial charge in [0.2, 0.25) is 5.16 Å². The third-order valence-electron chi connectivity index (χ3n) is 4.43. The number of Topliss-reactive ketones (excluding diaryl/α,β-unsaturated/α-hetero) is 1. The van der Waals surface area contributed by atoms with Crippen LogP contribution in [-0.4, -0.2) is 31.7 Å². The van der Waals surface area contributed by atoms with Gasteiger partial charge in [0.05, 0.1) is 11.4 Å². The molecule has 0 saturated heterocycles. The fourth-order valence-corrected chi connectivity index (χ4v) is 3.69. The van der Waals surface area contributed by atoms with Gasteiger partial charge in [-0.05, 0) is 40.1 Å². The number of nitrogens with zero attached hydrogens (tertiary/aromatic N) is 4. The molecule has 138 valence electrons. The van der Waals surface area contributed by atoms with Crippen LogP contribution in [0.2, 0.25) is 0 Å². The van der Waals surface area contributed by atoms with E-state index >= 15 is 0 Å². The number of thioether (sulfide) groups is 1. The highest BCUT2D eigenvalue weighted by atomic mass is 32.2. The molecule has 6 heteroatoms. The summed E-state index contributed by atoms with van der Waals surface area (Å²) in [7, 11) is 0. The maximum Gasteiger partial charge on any atom is 0.214 e. The molecule has 0 bridgehead atoms. The van der Waals surface area contributed by atoms with Crippen molar-refractivity contribution in [2.75, 3.05) is 5.75 Å². The molecule has 0 aliphatic heterocycles. The largest absolute Gasteiger partial charge is 0.293 e. The van der Waals surface area contributed by atoms with E-state index in [9.17, 15) is 4.79 Å². The number of rotatable bonds is 6. The second-order valence-corrected chi connectivity index (χ2v) is 7.26. The smallest absolute Gasteiger partial charge is 0.214 e. The molecule has 0 saturated carbocycles. The van der Waals surface area contributed by atoms with Crippen molar-refractivity contribution in [2.24, 2.45) is 0 Å². The first kappa shape index (κ1) is 18.1. The summed E-state index contributed by atoms with van der Waals surface area (Å²) >= 11 is 1.34. The molecule has 0 fully saturated rings. The molecule has 0 aliphatic carbocycles. The summed E-state index contributed by atoms with van der Waals surface area (Å²) in [4.78, 5) is 12.6. The fourth-order valence-electron chi connectivity index (χ4n) is 2.91. The molecule has 1 aromatic heterocycles. The minimum atomic E-state index is 0.0453. The quantitative estimate of drug-likeness (QED) is 0.358. The number of benzene rings is 3. The van der Waals surface area contributed by atoms with E-state index in [0.29, 0.717) is 10.7 Å². The van der Waals surface area contributed by atoms with Crippen LogP contribution < -0.4 is 0 Å². The van der Waals surface area contributed by atoms with Gasteiger partial charge in [-0.3, -0.25) is 4.79 Å². The Labute approximate surface area is 167 Å². The minimum absolute atomic E-state index is 0.0453. The van der Waals surface area contributed by atoms with Crippen molar-refractivity contribution in [2.45, 2.75) is 12.1 Å². The molecule has 0 N–H and O–H groups in total. The number of tetrazole rings is 1. The zero-order valence-electron chi connectivity index (χ0n) is 15.3. The summed E-state index contributed by atoms with van der Waals surface area (Å²) in [6.45, 7) is 2.00. The van der Waals surface area contributed by atoms with Crippen molar-refractivity contribution >= 4 is 17.5 Å². The first-order valence-electron chi connectivity index (χ1n) is 8.88. The van der Waals surface area contributed by atoms with Gasteiger partial charge in [0.15, 0.2) is 5.78 Å². The molecule has 1 heterocycles. The lowest BCUT2D eigenvalue weighted by atomic mass is 10.0. The molecule has 3 aromatic carbocycles. The molecule has 0 aliphatic rings. The zero-order chi connectivity index (χ0) is 19.3. The summed E-state index contributed by atoms with van der Waals surface area (Å²) in [5.74, 6) is 0.320. The average Bonchev–Trinajstić information content (AvgIpc) is 3.21. The summed E-state index contributed by atoms with van der Waals surface area (Å²) in [6.07, 6.45) is 0. The van der Waals surface area contributed by atoms with Crippen molar-refractivity contribution in [3.8, 4) is 16.8 Å². The van der Waals surface area contributed by atoms with Crippen molar-refractivity contribution in [1.82, 2.24) is 20.2 Å². The number of ketones is 1. The van der Waals surface area contributed by atoms with Gasteiger partial charge in [-0.25, -0.2) is 0 Å². The van der Waals surface area contributed by atoms with Gasteiger partial charge in [0.1, 0.15) is 0 Å². The van der Waals surface area contributed by atoms with Crippen molar-refractivity contribution in [3.05, 3.63) is 90.0 Å². The van der Waals surface area contributed by atoms with E-state index in [2.05, 4.69) is 27.7 Å². The van der Waals surface area contributed by atoms with Gasteiger partial charge in [0, 0.05) is 5.56 Å². The topological polar surface area (TPSA) is 60.7 Å². The highest BCUT2D eigenvalue weighted by Gasteiger charge is 2.14. The lowest BCUT2D eigenvalue weighted by Crippen LogP contribution is -2.05.